The first-order valence-electron chi connectivity index (χ1n) is 6.20. The molecule has 0 aliphatic carbocycles. The molecule has 5 heteroatoms. The highest BCUT2D eigenvalue weighted by Gasteiger charge is 2.07. The smallest absolute Gasteiger partial charge is 0.129 e. The van der Waals surface area contributed by atoms with Crippen molar-refractivity contribution in [2.24, 2.45) is 0 Å². The molecule has 0 N–H and O–H groups in total. The van der Waals surface area contributed by atoms with Crippen LogP contribution in [0.3, 0.4) is 0 Å². The minimum Gasteiger partial charge on any atom is -0.496 e. The number of hydrogen-bond acceptors (Lipinski definition) is 4. The monoisotopic (exact) mass is 287 g/mol. The lowest BCUT2D eigenvalue weighted by Gasteiger charge is -2.11. The van der Waals surface area contributed by atoms with Gasteiger partial charge in [0.05, 0.1) is 25.9 Å². The van der Waals surface area contributed by atoms with Gasteiger partial charge in [-0.3, -0.25) is 0 Å². The summed E-state index contributed by atoms with van der Waals surface area (Å²) >= 11 is 0. The van der Waals surface area contributed by atoms with Crippen LogP contribution in [0.15, 0.2) is 36.4 Å². The summed E-state index contributed by atoms with van der Waals surface area (Å²) in [4.78, 5) is 0. The van der Waals surface area contributed by atoms with E-state index in [4.69, 9.17) is 19.5 Å². The first-order chi connectivity index (χ1) is 10.2. The SMILES string of the molecule is COc1cc(OC)cc(OCc2cc(C#N)ccc2F)c1. The standard InChI is InChI=1S/C16H14FNO3/c1-19-13-6-14(20-2)8-15(7-13)21-10-12-5-11(9-18)3-4-16(12)17/h3-8H,10H2,1-2H3. The average molecular weight is 287 g/mol. The number of halogens is 1. The van der Waals surface area contributed by atoms with Gasteiger partial charge in [0.25, 0.3) is 0 Å². The Morgan fingerprint density at radius 1 is 1.00 bits per heavy atom. The molecule has 0 aliphatic rings. The van der Waals surface area contributed by atoms with E-state index in [0.717, 1.165) is 0 Å². The second-order valence-corrected chi connectivity index (χ2v) is 4.26. The fourth-order valence-electron chi connectivity index (χ4n) is 1.78. The van der Waals surface area contributed by atoms with Crippen LogP contribution in [0.5, 0.6) is 17.2 Å². The predicted octanol–water partition coefficient (Wildman–Crippen LogP) is 3.29. The summed E-state index contributed by atoms with van der Waals surface area (Å²) < 4.78 is 29.5. The van der Waals surface area contributed by atoms with Gasteiger partial charge in [-0.25, -0.2) is 4.39 Å². The second kappa shape index (κ2) is 6.62. The Hall–Kier alpha value is -2.74. The lowest BCUT2D eigenvalue weighted by Crippen LogP contribution is -2.00. The van der Waals surface area contributed by atoms with Gasteiger partial charge in [-0.05, 0) is 18.2 Å². The molecule has 21 heavy (non-hydrogen) atoms. The van der Waals surface area contributed by atoms with Crippen LogP contribution in [0.4, 0.5) is 4.39 Å². The van der Waals surface area contributed by atoms with Gasteiger partial charge >= 0.3 is 0 Å². The molecule has 0 heterocycles. The normalized spacial score (nSPS) is 9.81. The molecule has 0 fully saturated rings. The molecule has 0 bridgehead atoms. The molecule has 0 saturated heterocycles. The minimum absolute atomic E-state index is 0.0116. The third-order valence-corrected chi connectivity index (χ3v) is 2.89. The molecule has 0 radical (unpaired) electrons. The lowest BCUT2D eigenvalue weighted by atomic mass is 10.1. The summed E-state index contributed by atoms with van der Waals surface area (Å²) in [5.74, 6) is 1.24. The average Bonchev–Trinajstić information content (AvgIpc) is 2.53. The van der Waals surface area contributed by atoms with Crippen LogP contribution in [-0.4, -0.2) is 14.2 Å². The van der Waals surface area contributed by atoms with Gasteiger partial charge in [0, 0.05) is 23.8 Å². The first kappa shape index (κ1) is 14.7. The van der Waals surface area contributed by atoms with Crippen molar-refractivity contribution >= 4 is 0 Å². The number of nitriles is 1. The molecule has 2 aromatic rings. The van der Waals surface area contributed by atoms with Crippen molar-refractivity contribution in [3.8, 4) is 23.3 Å². The van der Waals surface area contributed by atoms with Crippen LogP contribution >= 0.6 is 0 Å². The summed E-state index contributed by atoms with van der Waals surface area (Å²) in [6.45, 7) is 0.0116. The van der Waals surface area contributed by atoms with Gasteiger partial charge in [-0.1, -0.05) is 0 Å². The van der Waals surface area contributed by atoms with E-state index >= 15 is 0 Å². The maximum atomic E-state index is 13.7. The molecule has 0 atom stereocenters. The van der Waals surface area contributed by atoms with E-state index in [-0.39, 0.29) is 6.61 Å². The molecule has 2 rings (SSSR count). The second-order valence-electron chi connectivity index (χ2n) is 4.26. The zero-order chi connectivity index (χ0) is 15.2. The first-order valence-corrected chi connectivity index (χ1v) is 6.20. The van der Waals surface area contributed by atoms with Crippen molar-refractivity contribution in [2.75, 3.05) is 14.2 Å². The Kier molecular flexibility index (Phi) is 4.62. The molecular weight excluding hydrogens is 273 g/mol. The van der Waals surface area contributed by atoms with E-state index in [2.05, 4.69) is 0 Å². The maximum Gasteiger partial charge on any atom is 0.129 e. The highest BCUT2D eigenvalue weighted by Crippen LogP contribution is 2.28. The quantitative estimate of drug-likeness (QED) is 0.846. The number of methoxy groups -OCH3 is 2. The van der Waals surface area contributed by atoms with Crippen molar-refractivity contribution in [1.29, 1.82) is 5.26 Å². The Balaban J connectivity index is 2.18. The molecule has 4 nitrogen and oxygen atoms in total. The molecule has 0 aromatic heterocycles. The van der Waals surface area contributed by atoms with Gasteiger partial charge in [0.15, 0.2) is 0 Å². The van der Waals surface area contributed by atoms with Crippen molar-refractivity contribution in [3.05, 3.63) is 53.3 Å². The number of nitrogens with zero attached hydrogens (tertiary/aromatic N) is 1. The molecule has 2 aromatic carbocycles. The number of hydrogen-bond donors (Lipinski definition) is 0. The molecule has 0 amide bonds. The van der Waals surface area contributed by atoms with Crippen molar-refractivity contribution < 1.29 is 18.6 Å². The van der Waals surface area contributed by atoms with Crippen LogP contribution in [0.2, 0.25) is 0 Å². The summed E-state index contributed by atoms with van der Waals surface area (Å²) in [6.07, 6.45) is 0. The molecule has 0 saturated carbocycles. The number of benzene rings is 2. The summed E-state index contributed by atoms with van der Waals surface area (Å²) in [5, 5.41) is 8.83. The zero-order valence-corrected chi connectivity index (χ0v) is 11.7. The molecular formula is C16H14FNO3. The van der Waals surface area contributed by atoms with Gasteiger partial charge in [0.2, 0.25) is 0 Å². The molecule has 0 spiro atoms. The predicted molar refractivity (Wildman–Crippen MR) is 75.0 cm³/mol. The van der Waals surface area contributed by atoms with E-state index in [1.807, 2.05) is 6.07 Å². The van der Waals surface area contributed by atoms with E-state index < -0.39 is 5.82 Å². The van der Waals surface area contributed by atoms with Crippen molar-refractivity contribution in [3.63, 3.8) is 0 Å². The largest absolute Gasteiger partial charge is 0.496 e. The molecule has 0 unspecified atom stereocenters. The highest BCUT2D eigenvalue weighted by atomic mass is 19.1. The Morgan fingerprint density at radius 3 is 2.19 bits per heavy atom. The number of rotatable bonds is 5. The summed E-state index contributed by atoms with van der Waals surface area (Å²) in [5.41, 5.74) is 0.703. The lowest BCUT2D eigenvalue weighted by molar-refractivity contribution is 0.294. The summed E-state index contributed by atoms with van der Waals surface area (Å²) in [7, 11) is 3.07. The molecule has 0 aliphatic heterocycles. The fourth-order valence-corrected chi connectivity index (χ4v) is 1.78. The van der Waals surface area contributed by atoms with Gasteiger partial charge < -0.3 is 14.2 Å². The Bertz CT molecular complexity index is 657. The van der Waals surface area contributed by atoms with Gasteiger partial charge in [-0.15, -0.1) is 0 Å². The van der Waals surface area contributed by atoms with Crippen LogP contribution in [0.25, 0.3) is 0 Å². The van der Waals surface area contributed by atoms with E-state index in [9.17, 15) is 4.39 Å². The number of ether oxygens (including phenoxy) is 3. The van der Waals surface area contributed by atoms with Crippen molar-refractivity contribution in [2.45, 2.75) is 6.61 Å². The molecule has 108 valence electrons. The Morgan fingerprint density at radius 2 is 1.62 bits per heavy atom. The minimum atomic E-state index is -0.413. The maximum absolute atomic E-state index is 13.7. The van der Waals surface area contributed by atoms with Crippen LogP contribution in [-0.2, 0) is 6.61 Å². The topological polar surface area (TPSA) is 51.5 Å². The van der Waals surface area contributed by atoms with E-state index in [1.165, 1.54) is 32.4 Å². The fraction of sp³-hybridized carbons (Fsp3) is 0.188. The van der Waals surface area contributed by atoms with Crippen molar-refractivity contribution in [1.82, 2.24) is 0 Å². The Labute approximate surface area is 122 Å². The summed E-state index contributed by atoms with van der Waals surface area (Å²) in [6, 6.07) is 11.2. The highest BCUT2D eigenvalue weighted by molar-refractivity contribution is 5.42. The van der Waals surface area contributed by atoms with E-state index in [0.29, 0.717) is 28.4 Å². The third kappa shape index (κ3) is 3.63. The zero-order valence-electron chi connectivity index (χ0n) is 11.7. The van der Waals surface area contributed by atoms with E-state index in [1.54, 1.807) is 18.2 Å². The van der Waals surface area contributed by atoms with Crippen LogP contribution < -0.4 is 14.2 Å². The van der Waals surface area contributed by atoms with Gasteiger partial charge in [-0.2, -0.15) is 5.26 Å². The van der Waals surface area contributed by atoms with Crippen LogP contribution in [0, 0.1) is 17.1 Å². The third-order valence-electron chi connectivity index (χ3n) is 2.89. The van der Waals surface area contributed by atoms with Gasteiger partial charge in [0.1, 0.15) is 29.7 Å². The van der Waals surface area contributed by atoms with Crippen LogP contribution in [0.1, 0.15) is 11.1 Å².